The number of hydrogen-bond acceptors (Lipinski definition) is 10. The molecular weight excluding hydrogens is 380 g/mol. The highest BCUT2D eigenvalue weighted by molar-refractivity contribution is 5.80. The molecule has 11 nitrogen and oxygen atoms in total. The Hall–Kier alpha value is -2.12. The summed E-state index contributed by atoms with van der Waals surface area (Å²) in [4.78, 5) is 22.6. The molecule has 0 aliphatic carbocycles. The Kier molecular flexibility index (Phi) is 7.83. The molecule has 28 heavy (non-hydrogen) atoms. The maximum Gasteiger partial charge on any atom is 0.338 e. The molecule has 0 radical (unpaired) electrons. The van der Waals surface area contributed by atoms with Crippen molar-refractivity contribution in [3.05, 3.63) is 35.9 Å². The minimum absolute atomic E-state index is 0.260. The number of carboxylic acids is 1. The summed E-state index contributed by atoms with van der Waals surface area (Å²) in [5.41, 5.74) is 0.260. The van der Waals surface area contributed by atoms with Crippen molar-refractivity contribution in [2.24, 2.45) is 0 Å². The first-order chi connectivity index (χ1) is 13.2. The zero-order valence-electron chi connectivity index (χ0n) is 14.6. The van der Waals surface area contributed by atoms with Crippen LogP contribution in [0.5, 0.6) is 0 Å². The van der Waals surface area contributed by atoms with E-state index in [-0.39, 0.29) is 5.56 Å². The van der Waals surface area contributed by atoms with E-state index in [0.29, 0.717) is 0 Å². The lowest BCUT2D eigenvalue weighted by atomic mass is 9.99. The summed E-state index contributed by atoms with van der Waals surface area (Å²) < 4.78 is 15.6. The van der Waals surface area contributed by atoms with Crippen LogP contribution in [0.1, 0.15) is 18.3 Å². The van der Waals surface area contributed by atoms with Crippen LogP contribution in [0.2, 0.25) is 0 Å². The Labute approximate surface area is 159 Å². The summed E-state index contributed by atoms with van der Waals surface area (Å²) in [6, 6.07) is 7.81. The van der Waals surface area contributed by atoms with Crippen LogP contribution in [-0.2, 0) is 23.8 Å². The average molecular weight is 402 g/mol. The molecule has 6 N–H and O–H groups in total. The van der Waals surface area contributed by atoms with Crippen molar-refractivity contribution in [2.45, 2.75) is 49.5 Å². The lowest BCUT2D eigenvalue weighted by Crippen LogP contribution is -2.59. The minimum Gasteiger partial charge on any atom is -0.481 e. The number of aliphatic carboxylic acids is 1. The molecular formula is C17H22O11. The van der Waals surface area contributed by atoms with E-state index in [1.165, 1.54) is 12.1 Å². The van der Waals surface area contributed by atoms with Crippen molar-refractivity contribution in [1.82, 2.24) is 0 Å². The number of carbonyl (C=O) groups excluding carboxylic acids is 1. The number of aliphatic hydroxyl groups excluding tert-OH is 5. The molecule has 1 aromatic carbocycles. The molecule has 0 aromatic heterocycles. The average Bonchev–Trinajstić information content (AvgIpc) is 2.67. The first-order valence-electron chi connectivity index (χ1n) is 8.35. The highest BCUT2D eigenvalue weighted by atomic mass is 16.8. The van der Waals surface area contributed by atoms with Crippen LogP contribution in [0.25, 0.3) is 0 Å². The minimum atomic E-state index is -1.96. The molecule has 156 valence electrons. The number of carboxylic acid groups (broad SMARTS) is 1. The molecule has 1 heterocycles. The summed E-state index contributed by atoms with van der Waals surface area (Å²) in [6.07, 6.45) is -12.3. The Morgan fingerprint density at radius 1 is 1.07 bits per heavy atom. The smallest absolute Gasteiger partial charge is 0.338 e. The van der Waals surface area contributed by atoms with Gasteiger partial charge in [0.05, 0.1) is 13.0 Å². The van der Waals surface area contributed by atoms with Crippen molar-refractivity contribution in [3.8, 4) is 0 Å². The van der Waals surface area contributed by atoms with Crippen molar-refractivity contribution < 1.29 is 54.4 Å². The Morgan fingerprint density at radius 2 is 1.71 bits per heavy atom. The summed E-state index contributed by atoms with van der Waals surface area (Å²) in [5.74, 6) is -2.71. The van der Waals surface area contributed by atoms with E-state index in [4.69, 9.17) is 19.3 Å². The van der Waals surface area contributed by atoms with Crippen LogP contribution < -0.4 is 0 Å². The van der Waals surface area contributed by atoms with Crippen LogP contribution in [0.3, 0.4) is 0 Å². The summed E-state index contributed by atoms with van der Waals surface area (Å²) in [7, 11) is 0. The third kappa shape index (κ3) is 5.45. The summed E-state index contributed by atoms with van der Waals surface area (Å²) in [5, 5.41) is 57.2. The molecule has 2 rings (SSSR count). The van der Waals surface area contributed by atoms with Gasteiger partial charge in [0.25, 0.3) is 0 Å². The van der Waals surface area contributed by atoms with E-state index >= 15 is 0 Å². The molecule has 0 amide bonds. The van der Waals surface area contributed by atoms with Gasteiger partial charge in [-0.05, 0) is 0 Å². The first-order valence-corrected chi connectivity index (χ1v) is 8.35. The molecule has 1 saturated heterocycles. The summed E-state index contributed by atoms with van der Waals surface area (Å²) in [6.45, 7) is -0.683. The van der Waals surface area contributed by atoms with Gasteiger partial charge in [0.15, 0.2) is 12.4 Å². The van der Waals surface area contributed by atoms with Gasteiger partial charge in [-0.2, -0.15) is 0 Å². The fourth-order valence-electron chi connectivity index (χ4n) is 2.52. The molecule has 0 spiro atoms. The van der Waals surface area contributed by atoms with Crippen LogP contribution >= 0.6 is 0 Å². The monoisotopic (exact) mass is 402 g/mol. The SMILES string of the molecule is O=C(O)CC(O)C(=O)OC(OC1O[C@H](CO)[C@@H](O)[C@H](O)[C@H]1O)c1ccccc1. The van der Waals surface area contributed by atoms with Gasteiger partial charge in [-0.25, -0.2) is 4.79 Å². The van der Waals surface area contributed by atoms with Crippen LogP contribution in [-0.4, -0.2) is 86.0 Å². The third-order valence-corrected chi connectivity index (χ3v) is 4.04. The standard InChI is InChI=1S/C17H22O11/c18-7-10-12(22)13(23)14(24)17(26-10)28-16(8-4-2-1-3-5-8)27-15(25)9(19)6-11(20)21/h1-5,9-10,12-14,16-19,22-24H,6-7H2,(H,20,21)/t9?,10-,12-,13+,14-,16?,17?/m1/s1. The van der Waals surface area contributed by atoms with Gasteiger partial charge in [-0.15, -0.1) is 0 Å². The second-order valence-electron chi connectivity index (χ2n) is 6.13. The highest BCUT2D eigenvalue weighted by Gasteiger charge is 2.45. The van der Waals surface area contributed by atoms with E-state index in [9.17, 15) is 35.1 Å². The number of esters is 1. The van der Waals surface area contributed by atoms with E-state index in [0.717, 1.165) is 0 Å². The number of benzene rings is 1. The van der Waals surface area contributed by atoms with Gasteiger partial charge in [-0.1, -0.05) is 30.3 Å². The van der Waals surface area contributed by atoms with Crippen molar-refractivity contribution in [1.29, 1.82) is 0 Å². The molecule has 3 unspecified atom stereocenters. The van der Waals surface area contributed by atoms with Gasteiger partial charge in [0, 0.05) is 5.56 Å². The second-order valence-corrected chi connectivity index (χ2v) is 6.13. The Balaban J connectivity index is 2.18. The van der Waals surface area contributed by atoms with E-state index < -0.39 is 68.1 Å². The number of rotatable bonds is 8. The zero-order valence-corrected chi connectivity index (χ0v) is 14.6. The largest absolute Gasteiger partial charge is 0.481 e. The van der Waals surface area contributed by atoms with Crippen LogP contribution in [0, 0.1) is 0 Å². The fraction of sp³-hybridized carbons (Fsp3) is 0.529. The lowest BCUT2D eigenvalue weighted by molar-refractivity contribution is -0.335. The number of hydrogen-bond donors (Lipinski definition) is 6. The normalized spacial score (nSPS) is 29.7. The number of carbonyl (C=O) groups is 2. The maximum absolute atomic E-state index is 12.0. The molecule has 0 saturated carbocycles. The number of ether oxygens (including phenoxy) is 3. The molecule has 1 aromatic rings. The number of aliphatic hydroxyl groups is 5. The zero-order chi connectivity index (χ0) is 20.8. The van der Waals surface area contributed by atoms with Gasteiger partial charge in [0.1, 0.15) is 24.4 Å². The van der Waals surface area contributed by atoms with Crippen molar-refractivity contribution >= 4 is 11.9 Å². The molecule has 7 atom stereocenters. The van der Waals surface area contributed by atoms with Gasteiger partial charge < -0.3 is 44.8 Å². The quantitative estimate of drug-likeness (QED) is 0.206. The lowest BCUT2D eigenvalue weighted by Gasteiger charge is -2.40. The maximum atomic E-state index is 12.0. The predicted octanol–water partition coefficient (Wildman–Crippen LogP) is -2.12. The molecule has 11 heteroatoms. The van der Waals surface area contributed by atoms with E-state index in [2.05, 4.69) is 0 Å². The van der Waals surface area contributed by atoms with Crippen LogP contribution in [0.4, 0.5) is 0 Å². The highest BCUT2D eigenvalue weighted by Crippen LogP contribution is 2.28. The fourth-order valence-corrected chi connectivity index (χ4v) is 2.52. The molecule has 1 aliphatic rings. The topological polar surface area (TPSA) is 183 Å². The van der Waals surface area contributed by atoms with Gasteiger partial charge >= 0.3 is 11.9 Å². The van der Waals surface area contributed by atoms with E-state index in [1.807, 2.05) is 0 Å². The molecule has 0 bridgehead atoms. The Bertz CT molecular complexity index is 650. The molecule has 1 fully saturated rings. The van der Waals surface area contributed by atoms with Crippen molar-refractivity contribution in [3.63, 3.8) is 0 Å². The summed E-state index contributed by atoms with van der Waals surface area (Å²) >= 11 is 0. The van der Waals surface area contributed by atoms with Gasteiger partial charge in [-0.3, -0.25) is 4.79 Å². The molecule has 1 aliphatic heterocycles. The van der Waals surface area contributed by atoms with Crippen molar-refractivity contribution in [2.75, 3.05) is 6.61 Å². The van der Waals surface area contributed by atoms with Gasteiger partial charge in [0.2, 0.25) is 6.29 Å². The predicted molar refractivity (Wildman–Crippen MR) is 88.4 cm³/mol. The first kappa shape index (κ1) is 22.2. The Morgan fingerprint density at radius 3 is 2.29 bits per heavy atom. The second kappa shape index (κ2) is 9.89. The third-order valence-electron chi connectivity index (χ3n) is 4.04. The van der Waals surface area contributed by atoms with Crippen LogP contribution in [0.15, 0.2) is 30.3 Å². The van der Waals surface area contributed by atoms with E-state index in [1.54, 1.807) is 18.2 Å².